The summed E-state index contributed by atoms with van der Waals surface area (Å²) in [6.07, 6.45) is 2.00. The molecule has 0 spiro atoms. The first-order valence-electron chi connectivity index (χ1n) is 5.78. The average Bonchev–Trinajstić information content (AvgIpc) is 2.78. The number of aryl methyl sites for hydroxylation is 1. The monoisotopic (exact) mass is 274 g/mol. The minimum Gasteiger partial charge on any atom is -0.469 e. The third-order valence-electron chi connectivity index (χ3n) is 2.58. The molecule has 98 valence electrons. The summed E-state index contributed by atoms with van der Waals surface area (Å²) in [7, 11) is 0. The average molecular weight is 274 g/mol. The molecule has 4 nitrogen and oxygen atoms in total. The van der Waals surface area contributed by atoms with Gasteiger partial charge in [-0.15, -0.1) is 0 Å². The largest absolute Gasteiger partial charge is 0.469 e. The summed E-state index contributed by atoms with van der Waals surface area (Å²) >= 11 is 4.84. The van der Waals surface area contributed by atoms with E-state index in [0.29, 0.717) is 22.7 Å². The van der Waals surface area contributed by atoms with Crippen molar-refractivity contribution in [2.45, 2.75) is 13.3 Å². The number of carbonyl (C=O) groups excluding carboxylic acids is 1. The zero-order chi connectivity index (χ0) is 13.8. The standard InChI is InChI=1S/C14H14N2O2S/c1-9-6-11(8-18-9)14(17)16-12-4-2-10(3-5-12)7-13(15)19/h2-6,8H,7H2,1H3,(H2,15,19)(H,16,17). The summed E-state index contributed by atoms with van der Waals surface area (Å²) in [5.74, 6) is 0.510. The number of anilines is 1. The van der Waals surface area contributed by atoms with Gasteiger partial charge in [0.15, 0.2) is 0 Å². The highest BCUT2D eigenvalue weighted by Gasteiger charge is 2.08. The zero-order valence-corrected chi connectivity index (χ0v) is 11.3. The van der Waals surface area contributed by atoms with Crippen LogP contribution in [0.25, 0.3) is 0 Å². The van der Waals surface area contributed by atoms with Gasteiger partial charge in [0.1, 0.15) is 12.0 Å². The van der Waals surface area contributed by atoms with Crippen LogP contribution in [0.15, 0.2) is 41.0 Å². The minimum atomic E-state index is -0.195. The van der Waals surface area contributed by atoms with Gasteiger partial charge in [0.05, 0.1) is 10.6 Å². The van der Waals surface area contributed by atoms with Gasteiger partial charge in [-0.25, -0.2) is 0 Å². The van der Waals surface area contributed by atoms with Crippen LogP contribution in [0.4, 0.5) is 5.69 Å². The topological polar surface area (TPSA) is 68.3 Å². The van der Waals surface area contributed by atoms with Crippen LogP contribution in [0.3, 0.4) is 0 Å². The number of rotatable bonds is 4. The van der Waals surface area contributed by atoms with Crippen molar-refractivity contribution < 1.29 is 9.21 Å². The van der Waals surface area contributed by atoms with Crippen molar-refractivity contribution in [3.05, 3.63) is 53.5 Å². The number of amides is 1. The predicted molar refractivity (Wildman–Crippen MR) is 78.3 cm³/mol. The molecule has 1 aromatic heterocycles. The van der Waals surface area contributed by atoms with Gasteiger partial charge in [-0.05, 0) is 30.7 Å². The van der Waals surface area contributed by atoms with Crippen molar-refractivity contribution in [1.82, 2.24) is 0 Å². The number of nitrogens with one attached hydrogen (secondary N) is 1. The molecule has 0 unspecified atom stereocenters. The van der Waals surface area contributed by atoms with E-state index in [1.54, 1.807) is 13.0 Å². The molecule has 0 atom stereocenters. The fourth-order valence-corrected chi connectivity index (χ4v) is 1.84. The Morgan fingerprint density at radius 3 is 2.58 bits per heavy atom. The van der Waals surface area contributed by atoms with Crippen molar-refractivity contribution in [1.29, 1.82) is 0 Å². The van der Waals surface area contributed by atoms with Gasteiger partial charge >= 0.3 is 0 Å². The van der Waals surface area contributed by atoms with Crippen LogP contribution < -0.4 is 11.1 Å². The molecule has 0 aliphatic heterocycles. The molecule has 2 aromatic rings. The molecule has 1 heterocycles. The third kappa shape index (κ3) is 3.66. The van der Waals surface area contributed by atoms with E-state index in [-0.39, 0.29) is 5.91 Å². The van der Waals surface area contributed by atoms with E-state index in [4.69, 9.17) is 22.4 Å². The molecule has 1 aromatic carbocycles. The Bertz CT molecular complexity index is 602. The van der Waals surface area contributed by atoms with Gasteiger partial charge in [-0.2, -0.15) is 0 Å². The molecule has 0 saturated carbocycles. The second-order valence-electron chi connectivity index (χ2n) is 4.24. The van der Waals surface area contributed by atoms with Gasteiger partial charge < -0.3 is 15.5 Å². The Labute approximate surface area is 116 Å². The summed E-state index contributed by atoms with van der Waals surface area (Å²) in [5.41, 5.74) is 7.71. The number of thiocarbonyl (C=S) groups is 1. The number of hydrogen-bond acceptors (Lipinski definition) is 3. The van der Waals surface area contributed by atoms with Crippen LogP contribution in [-0.4, -0.2) is 10.9 Å². The van der Waals surface area contributed by atoms with E-state index >= 15 is 0 Å². The fourth-order valence-electron chi connectivity index (χ4n) is 1.67. The third-order valence-corrected chi connectivity index (χ3v) is 2.73. The second kappa shape index (κ2) is 5.67. The lowest BCUT2D eigenvalue weighted by molar-refractivity contribution is 0.102. The summed E-state index contributed by atoms with van der Waals surface area (Å²) in [6, 6.07) is 9.10. The maximum Gasteiger partial charge on any atom is 0.258 e. The van der Waals surface area contributed by atoms with E-state index < -0.39 is 0 Å². The zero-order valence-electron chi connectivity index (χ0n) is 10.5. The molecule has 1 amide bonds. The van der Waals surface area contributed by atoms with Crippen LogP contribution in [0, 0.1) is 6.92 Å². The van der Waals surface area contributed by atoms with E-state index in [9.17, 15) is 4.79 Å². The Morgan fingerprint density at radius 2 is 2.05 bits per heavy atom. The first-order valence-corrected chi connectivity index (χ1v) is 6.19. The van der Waals surface area contributed by atoms with Crippen molar-refractivity contribution in [2.75, 3.05) is 5.32 Å². The molecule has 0 aliphatic rings. The molecule has 3 N–H and O–H groups in total. The molecule has 19 heavy (non-hydrogen) atoms. The fraction of sp³-hybridized carbons (Fsp3) is 0.143. The van der Waals surface area contributed by atoms with Crippen LogP contribution >= 0.6 is 12.2 Å². The smallest absolute Gasteiger partial charge is 0.258 e. The maximum atomic E-state index is 11.9. The van der Waals surface area contributed by atoms with E-state index in [0.717, 1.165) is 11.3 Å². The normalized spacial score (nSPS) is 10.2. The summed E-state index contributed by atoms with van der Waals surface area (Å²) < 4.78 is 5.10. The predicted octanol–water partition coefficient (Wildman–Crippen LogP) is 2.67. The molecule has 5 heteroatoms. The van der Waals surface area contributed by atoms with Crippen LogP contribution in [0.1, 0.15) is 21.7 Å². The first kappa shape index (κ1) is 13.3. The quantitative estimate of drug-likeness (QED) is 0.841. The number of benzene rings is 1. The van der Waals surface area contributed by atoms with Crippen LogP contribution in [0.2, 0.25) is 0 Å². The van der Waals surface area contributed by atoms with Crippen molar-refractivity contribution in [3.8, 4) is 0 Å². The van der Waals surface area contributed by atoms with Gasteiger partial charge in [0.2, 0.25) is 0 Å². The maximum absolute atomic E-state index is 11.9. The number of carbonyl (C=O) groups is 1. The lowest BCUT2D eigenvalue weighted by Crippen LogP contribution is -2.12. The highest BCUT2D eigenvalue weighted by molar-refractivity contribution is 7.80. The Balaban J connectivity index is 2.03. The SMILES string of the molecule is Cc1cc(C(=O)Nc2ccc(CC(N)=S)cc2)co1. The summed E-state index contributed by atoms with van der Waals surface area (Å²) in [4.78, 5) is 12.3. The van der Waals surface area contributed by atoms with Crippen molar-refractivity contribution >= 4 is 28.8 Å². The number of nitrogens with two attached hydrogens (primary N) is 1. The first-order chi connectivity index (χ1) is 9.04. The van der Waals surface area contributed by atoms with E-state index in [2.05, 4.69) is 5.32 Å². The lowest BCUT2D eigenvalue weighted by Gasteiger charge is -2.05. The highest BCUT2D eigenvalue weighted by atomic mass is 32.1. The Kier molecular flexibility index (Phi) is 3.97. The highest BCUT2D eigenvalue weighted by Crippen LogP contribution is 2.13. The van der Waals surface area contributed by atoms with E-state index in [1.807, 2.05) is 24.3 Å². The molecule has 0 aliphatic carbocycles. The minimum absolute atomic E-state index is 0.195. The summed E-state index contributed by atoms with van der Waals surface area (Å²) in [5, 5.41) is 2.79. The lowest BCUT2D eigenvalue weighted by atomic mass is 10.1. The van der Waals surface area contributed by atoms with Gasteiger partial charge in [-0.3, -0.25) is 4.79 Å². The number of furan rings is 1. The molecular formula is C14H14N2O2S. The number of hydrogen-bond donors (Lipinski definition) is 2. The molecule has 0 fully saturated rings. The summed E-state index contributed by atoms with van der Waals surface area (Å²) in [6.45, 7) is 1.79. The van der Waals surface area contributed by atoms with Crippen molar-refractivity contribution in [3.63, 3.8) is 0 Å². The second-order valence-corrected chi connectivity index (χ2v) is 4.76. The van der Waals surface area contributed by atoms with Gasteiger partial charge in [-0.1, -0.05) is 24.4 Å². The van der Waals surface area contributed by atoms with Gasteiger partial charge in [0, 0.05) is 12.1 Å². The molecule has 0 bridgehead atoms. The van der Waals surface area contributed by atoms with Crippen molar-refractivity contribution in [2.24, 2.45) is 5.73 Å². The van der Waals surface area contributed by atoms with Crippen LogP contribution in [0.5, 0.6) is 0 Å². The Hall–Kier alpha value is -2.14. The Morgan fingerprint density at radius 1 is 1.37 bits per heavy atom. The molecule has 0 radical (unpaired) electrons. The molecular weight excluding hydrogens is 260 g/mol. The van der Waals surface area contributed by atoms with Crippen LogP contribution in [-0.2, 0) is 6.42 Å². The van der Waals surface area contributed by atoms with Gasteiger partial charge in [0.25, 0.3) is 5.91 Å². The van der Waals surface area contributed by atoms with E-state index in [1.165, 1.54) is 6.26 Å². The molecule has 2 rings (SSSR count). The molecule has 0 saturated heterocycles.